The second-order valence-corrected chi connectivity index (χ2v) is 7.95. The van der Waals surface area contributed by atoms with Crippen LogP contribution in [0, 0.1) is 6.92 Å². The number of nitrogens with zero attached hydrogens (tertiary/aromatic N) is 1. The van der Waals surface area contributed by atoms with E-state index in [4.69, 9.17) is 9.84 Å². The number of aliphatic carboxylic acids is 1. The standard InChI is InChI=1S/C16H20F3NO5S/c1-11-5-4-7-13(16(17,18)19)15(11)26(23,24)20-8-3-2-6-12(20)9-25-10-14(21)22/h4-5,7,12H,2-3,6,8-10H2,1H3,(H,21,22). The largest absolute Gasteiger partial charge is 0.480 e. The van der Waals surface area contributed by atoms with Crippen LogP contribution >= 0.6 is 0 Å². The monoisotopic (exact) mass is 395 g/mol. The molecule has 10 heteroatoms. The van der Waals surface area contributed by atoms with Gasteiger partial charge in [0.2, 0.25) is 10.0 Å². The van der Waals surface area contributed by atoms with E-state index in [1.54, 1.807) is 0 Å². The van der Waals surface area contributed by atoms with Crippen LogP contribution in [0.15, 0.2) is 23.1 Å². The number of carbonyl (C=O) groups is 1. The molecule has 1 aliphatic heterocycles. The zero-order chi connectivity index (χ0) is 19.5. The van der Waals surface area contributed by atoms with E-state index in [0.29, 0.717) is 19.3 Å². The summed E-state index contributed by atoms with van der Waals surface area (Å²) < 4.78 is 72.1. The Morgan fingerprint density at radius 3 is 2.65 bits per heavy atom. The summed E-state index contributed by atoms with van der Waals surface area (Å²) in [7, 11) is -4.42. The third kappa shape index (κ3) is 4.54. The van der Waals surface area contributed by atoms with Crippen LogP contribution < -0.4 is 0 Å². The highest BCUT2D eigenvalue weighted by Crippen LogP contribution is 2.38. The van der Waals surface area contributed by atoms with Crippen molar-refractivity contribution < 1.29 is 36.2 Å². The van der Waals surface area contributed by atoms with Crippen LogP contribution in [0.5, 0.6) is 0 Å². The zero-order valence-electron chi connectivity index (χ0n) is 14.1. The van der Waals surface area contributed by atoms with Crippen molar-refractivity contribution in [1.29, 1.82) is 0 Å². The van der Waals surface area contributed by atoms with Gasteiger partial charge in [0.05, 0.1) is 17.1 Å². The van der Waals surface area contributed by atoms with Crippen LogP contribution in [0.1, 0.15) is 30.4 Å². The lowest BCUT2D eigenvalue weighted by atomic mass is 10.1. The Bertz CT molecular complexity index is 764. The maximum atomic E-state index is 13.3. The molecule has 1 saturated heterocycles. The summed E-state index contributed by atoms with van der Waals surface area (Å²) in [6.45, 7) is 0.610. The number of carboxylic acids is 1. The van der Waals surface area contributed by atoms with Gasteiger partial charge in [0, 0.05) is 12.6 Å². The summed E-state index contributed by atoms with van der Waals surface area (Å²) in [6, 6.07) is 2.54. The molecular formula is C16H20F3NO5S. The molecule has 1 aromatic rings. The van der Waals surface area contributed by atoms with Crippen LogP contribution in [0.2, 0.25) is 0 Å². The highest BCUT2D eigenvalue weighted by atomic mass is 32.2. The zero-order valence-corrected chi connectivity index (χ0v) is 14.9. The van der Waals surface area contributed by atoms with Gasteiger partial charge in [-0.05, 0) is 31.4 Å². The molecule has 0 aromatic heterocycles. The van der Waals surface area contributed by atoms with Crippen LogP contribution in [-0.4, -0.2) is 49.6 Å². The van der Waals surface area contributed by atoms with Crippen molar-refractivity contribution >= 4 is 16.0 Å². The summed E-state index contributed by atoms with van der Waals surface area (Å²) in [5.41, 5.74) is -1.19. The first-order valence-electron chi connectivity index (χ1n) is 8.03. The molecule has 0 radical (unpaired) electrons. The second-order valence-electron chi connectivity index (χ2n) is 6.12. The molecule has 6 nitrogen and oxygen atoms in total. The predicted molar refractivity (Wildman–Crippen MR) is 86.2 cm³/mol. The summed E-state index contributed by atoms with van der Waals surface area (Å²) in [5, 5.41) is 8.63. The third-order valence-electron chi connectivity index (χ3n) is 4.19. The molecule has 1 heterocycles. The number of hydrogen-bond donors (Lipinski definition) is 1. The number of aryl methyl sites for hydroxylation is 1. The summed E-state index contributed by atoms with van der Waals surface area (Å²) in [4.78, 5) is 9.81. The Hall–Kier alpha value is -1.65. The molecule has 1 fully saturated rings. The number of hydrogen-bond acceptors (Lipinski definition) is 4. The first kappa shape index (κ1) is 20.7. The number of ether oxygens (including phenoxy) is 1. The van der Waals surface area contributed by atoms with Crippen LogP contribution in [0.4, 0.5) is 13.2 Å². The molecular weight excluding hydrogens is 375 g/mol. The quantitative estimate of drug-likeness (QED) is 0.801. The van der Waals surface area contributed by atoms with E-state index >= 15 is 0 Å². The fourth-order valence-electron chi connectivity index (χ4n) is 3.07. The molecule has 1 N–H and O–H groups in total. The highest BCUT2D eigenvalue weighted by Gasteiger charge is 2.42. The Balaban J connectivity index is 2.40. The van der Waals surface area contributed by atoms with Crippen LogP contribution in [0.25, 0.3) is 0 Å². The Kier molecular flexibility index (Phi) is 6.30. The maximum absolute atomic E-state index is 13.3. The molecule has 0 bridgehead atoms. The van der Waals surface area contributed by atoms with Crippen molar-refractivity contribution in [3.05, 3.63) is 29.3 Å². The first-order chi connectivity index (χ1) is 12.0. The molecule has 2 rings (SSSR count). The fraction of sp³-hybridized carbons (Fsp3) is 0.562. The molecule has 0 amide bonds. The second kappa shape index (κ2) is 7.93. The molecule has 146 valence electrons. The smallest absolute Gasteiger partial charge is 0.417 e. The van der Waals surface area contributed by atoms with E-state index in [1.165, 1.54) is 19.1 Å². The molecule has 0 aliphatic carbocycles. The van der Waals surface area contributed by atoms with Crippen molar-refractivity contribution in [2.45, 2.75) is 43.3 Å². The number of piperidine rings is 1. The first-order valence-corrected chi connectivity index (χ1v) is 9.47. The topological polar surface area (TPSA) is 83.9 Å². The lowest BCUT2D eigenvalue weighted by Crippen LogP contribution is -2.46. The molecule has 26 heavy (non-hydrogen) atoms. The van der Waals surface area contributed by atoms with Gasteiger partial charge < -0.3 is 9.84 Å². The number of alkyl halides is 3. The molecule has 0 spiro atoms. The number of halogens is 3. The molecule has 1 aliphatic rings. The van der Waals surface area contributed by atoms with Gasteiger partial charge >= 0.3 is 12.1 Å². The highest BCUT2D eigenvalue weighted by molar-refractivity contribution is 7.89. The number of carboxylic acid groups (broad SMARTS) is 1. The van der Waals surface area contributed by atoms with Gasteiger partial charge in [-0.3, -0.25) is 0 Å². The Morgan fingerprint density at radius 2 is 2.04 bits per heavy atom. The lowest BCUT2D eigenvalue weighted by molar-refractivity contribution is -0.143. The Morgan fingerprint density at radius 1 is 1.35 bits per heavy atom. The minimum absolute atomic E-state index is 0.00982. The van der Waals surface area contributed by atoms with E-state index < -0.39 is 45.3 Å². The summed E-state index contributed by atoms with van der Waals surface area (Å²) in [6.07, 6.45) is -3.21. The van der Waals surface area contributed by atoms with Gasteiger partial charge in [-0.15, -0.1) is 0 Å². The fourth-order valence-corrected chi connectivity index (χ4v) is 5.17. The van der Waals surface area contributed by atoms with Gasteiger partial charge in [-0.2, -0.15) is 17.5 Å². The molecule has 1 unspecified atom stereocenters. The Labute approximate surface area is 149 Å². The van der Waals surface area contributed by atoms with Gasteiger partial charge in [0.1, 0.15) is 6.61 Å². The third-order valence-corrected chi connectivity index (χ3v) is 6.35. The van der Waals surface area contributed by atoms with E-state index in [2.05, 4.69) is 0 Å². The molecule has 0 saturated carbocycles. The minimum Gasteiger partial charge on any atom is -0.480 e. The van der Waals surface area contributed by atoms with E-state index in [0.717, 1.165) is 10.4 Å². The average molecular weight is 395 g/mol. The van der Waals surface area contributed by atoms with Crippen molar-refractivity contribution in [2.24, 2.45) is 0 Å². The number of sulfonamides is 1. The van der Waals surface area contributed by atoms with Crippen molar-refractivity contribution in [2.75, 3.05) is 19.8 Å². The number of rotatable bonds is 6. The normalized spacial score (nSPS) is 19.5. The molecule has 1 atom stereocenters. The van der Waals surface area contributed by atoms with E-state index in [1.807, 2.05) is 0 Å². The number of benzene rings is 1. The SMILES string of the molecule is Cc1cccc(C(F)(F)F)c1S(=O)(=O)N1CCCCC1COCC(=O)O. The van der Waals surface area contributed by atoms with Crippen molar-refractivity contribution in [3.63, 3.8) is 0 Å². The maximum Gasteiger partial charge on any atom is 0.417 e. The minimum atomic E-state index is -4.81. The summed E-state index contributed by atoms with van der Waals surface area (Å²) in [5.74, 6) is -1.20. The van der Waals surface area contributed by atoms with Crippen molar-refractivity contribution in [3.8, 4) is 0 Å². The molecule has 1 aromatic carbocycles. The van der Waals surface area contributed by atoms with Crippen LogP contribution in [-0.2, 0) is 25.7 Å². The van der Waals surface area contributed by atoms with E-state index in [-0.39, 0.29) is 18.7 Å². The summed E-state index contributed by atoms with van der Waals surface area (Å²) >= 11 is 0. The van der Waals surface area contributed by atoms with Crippen LogP contribution in [0.3, 0.4) is 0 Å². The van der Waals surface area contributed by atoms with Gasteiger partial charge in [-0.25, -0.2) is 13.2 Å². The van der Waals surface area contributed by atoms with Gasteiger partial charge in [0.15, 0.2) is 0 Å². The lowest BCUT2D eigenvalue weighted by Gasteiger charge is -2.35. The van der Waals surface area contributed by atoms with Crippen molar-refractivity contribution in [1.82, 2.24) is 4.31 Å². The van der Waals surface area contributed by atoms with E-state index in [9.17, 15) is 26.4 Å². The van der Waals surface area contributed by atoms with Gasteiger partial charge in [0.25, 0.3) is 0 Å². The average Bonchev–Trinajstić information content (AvgIpc) is 2.53. The predicted octanol–water partition coefficient (Wildman–Crippen LogP) is 2.66. The van der Waals surface area contributed by atoms with Gasteiger partial charge in [-0.1, -0.05) is 18.6 Å².